The van der Waals surface area contributed by atoms with Gasteiger partial charge in [-0.3, -0.25) is 18.7 Å². The number of nitrogens with zero attached hydrogens (tertiary/aromatic N) is 6. The number of aromatic nitrogens is 6. The molecule has 0 fully saturated rings. The summed E-state index contributed by atoms with van der Waals surface area (Å²) < 4.78 is 13.2. The quantitative estimate of drug-likeness (QED) is 0.182. The SMILES string of the molecule is Cc1cccc(C)c1-n1cc(Oc2ccc3c4ccncc4n(-c4ccc(C(C)C)cn4)c3c2)nc1-n1c2ccccc2c2ccccc21. The molecule has 238 valence electrons. The molecule has 0 atom stereocenters. The molecule has 0 saturated heterocycles. The normalized spacial score (nSPS) is 11.9. The topological polar surface area (TPSA) is 62.7 Å². The highest BCUT2D eigenvalue weighted by Gasteiger charge is 2.21. The van der Waals surface area contributed by atoms with Gasteiger partial charge in [0.25, 0.3) is 0 Å². The molecule has 0 N–H and O–H groups in total. The molecular weight excluding hydrogens is 605 g/mol. The molecule has 0 radical (unpaired) electrons. The monoisotopic (exact) mass is 638 g/mol. The van der Waals surface area contributed by atoms with Gasteiger partial charge in [0.15, 0.2) is 0 Å². The van der Waals surface area contributed by atoms with Crippen molar-refractivity contribution in [3.8, 4) is 29.1 Å². The van der Waals surface area contributed by atoms with E-state index in [1.54, 1.807) is 0 Å². The van der Waals surface area contributed by atoms with E-state index in [-0.39, 0.29) is 0 Å². The van der Waals surface area contributed by atoms with Gasteiger partial charge in [0, 0.05) is 40.0 Å². The largest absolute Gasteiger partial charge is 0.437 e. The van der Waals surface area contributed by atoms with Crippen molar-refractivity contribution in [2.24, 2.45) is 0 Å². The minimum absolute atomic E-state index is 0.400. The Labute approximate surface area is 283 Å². The smallest absolute Gasteiger partial charge is 0.239 e. The molecule has 5 aromatic heterocycles. The van der Waals surface area contributed by atoms with Crippen LogP contribution in [0.1, 0.15) is 36.5 Å². The van der Waals surface area contributed by atoms with E-state index < -0.39 is 0 Å². The van der Waals surface area contributed by atoms with E-state index in [1.165, 1.54) is 16.3 Å². The molecule has 7 heteroatoms. The molecule has 4 aromatic carbocycles. The summed E-state index contributed by atoms with van der Waals surface area (Å²) in [6, 6.07) is 35.9. The van der Waals surface area contributed by atoms with Crippen molar-refractivity contribution < 1.29 is 4.74 Å². The van der Waals surface area contributed by atoms with Crippen LogP contribution in [-0.4, -0.2) is 28.7 Å². The maximum Gasteiger partial charge on any atom is 0.239 e. The molecule has 0 saturated carbocycles. The maximum absolute atomic E-state index is 6.67. The van der Waals surface area contributed by atoms with Crippen LogP contribution in [-0.2, 0) is 0 Å². The minimum atomic E-state index is 0.400. The lowest BCUT2D eigenvalue weighted by atomic mass is 10.1. The average molecular weight is 639 g/mol. The summed E-state index contributed by atoms with van der Waals surface area (Å²) in [4.78, 5) is 14.5. The summed E-state index contributed by atoms with van der Waals surface area (Å²) in [7, 11) is 0. The molecule has 49 heavy (non-hydrogen) atoms. The Bertz CT molecular complexity index is 2620. The van der Waals surface area contributed by atoms with Crippen LogP contribution in [0.15, 0.2) is 128 Å². The van der Waals surface area contributed by atoms with E-state index >= 15 is 0 Å². The number of ether oxygens (including phenoxy) is 1. The summed E-state index contributed by atoms with van der Waals surface area (Å²) in [5.74, 6) is 3.19. The maximum atomic E-state index is 6.67. The predicted molar refractivity (Wildman–Crippen MR) is 198 cm³/mol. The molecular formula is C42H34N6O. The fourth-order valence-corrected chi connectivity index (χ4v) is 7.19. The Hall–Kier alpha value is -6.21. The number of pyridine rings is 2. The van der Waals surface area contributed by atoms with Gasteiger partial charge in [-0.1, -0.05) is 74.5 Å². The number of para-hydroxylation sites is 3. The fraction of sp³-hybridized carbons (Fsp3) is 0.119. The van der Waals surface area contributed by atoms with Gasteiger partial charge < -0.3 is 4.74 Å². The van der Waals surface area contributed by atoms with Gasteiger partial charge in [0.1, 0.15) is 11.6 Å². The summed E-state index contributed by atoms with van der Waals surface area (Å²) in [6.07, 6.45) is 7.70. The zero-order valence-corrected chi connectivity index (χ0v) is 27.8. The highest BCUT2D eigenvalue weighted by Crippen LogP contribution is 2.37. The van der Waals surface area contributed by atoms with Crippen molar-refractivity contribution >= 4 is 43.6 Å². The number of hydrogen-bond donors (Lipinski definition) is 0. The molecule has 9 rings (SSSR count). The van der Waals surface area contributed by atoms with E-state index in [2.05, 4.69) is 143 Å². The van der Waals surface area contributed by atoms with Crippen LogP contribution < -0.4 is 4.74 Å². The van der Waals surface area contributed by atoms with Gasteiger partial charge in [0.05, 0.1) is 40.1 Å². The first kappa shape index (κ1) is 29.0. The van der Waals surface area contributed by atoms with Crippen molar-refractivity contribution in [1.82, 2.24) is 28.7 Å². The molecule has 5 heterocycles. The molecule has 9 aromatic rings. The number of imidazole rings is 1. The Morgan fingerprint density at radius 1 is 0.633 bits per heavy atom. The van der Waals surface area contributed by atoms with Gasteiger partial charge in [-0.15, -0.1) is 0 Å². The zero-order valence-electron chi connectivity index (χ0n) is 27.8. The fourth-order valence-electron chi connectivity index (χ4n) is 7.19. The van der Waals surface area contributed by atoms with Crippen LogP contribution in [0.5, 0.6) is 11.6 Å². The molecule has 0 unspecified atom stereocenters. The lowest BCUT2D eigenvalue weighted by Crippen LogP contribution is -2.07. The molecule has 0 amide bonds. The van der Waals surface area contributed by atoms with E-state index in [0.29, 0.717) is 17.5 Å². The first-order chi connectivity index (χ1) is 24.0. The third-order valence-corrected chi connectivity index (χ3v) is 9.56. The summed E-state index contributed by atoms with van der Waals surface area (Å²) in [5, 5.41) is 4.57. The first-order valence-electron chi connectivity index (χ1n) is 16.6. The van der Waals surface area contributed by atoms with Gasteiger partial charge in [-0.25, -0.2) is 4.98 Å². The molecule has 0 aliphatic carbocycles. The van der Waals surface area contributed by atoms with Crippen LogP contribution in [0.4, 0.5) is 0 Å². The van der Waals surface area contributed by atoms with Crippen LogP contribution >= 0.6 is 0 Å². The number of rotatable bonds is 6. The van der Waals surface area contributed by atoms with Crippen molar-refractivity contribution in [2.75, 3.05) is 0 Å². The van der Waals surface area contributed by atoms with Gasteiger partial charge in [-0.05, 0) is 72.9 Å². The second kappa shape index (κ2) is 11.2. The van der Waals surface area contributed by atoms with Gasteiger partial charge >= 0.3 is 0 Å². The number of fused-ring (bicyclic) bond motifs is 6. The highest BCUT2D eigenvalue weighted by atomic mass is 16.5. The number of benzene rings is 4. The Morgan fingerprint density at radius 2 is 1.33 bits per heavy atom. The Kier molecular flexibility index (Phi) is 6.62. The third-order valence-electron chi connectivity index (χ3n) is 9.56. The summed E-state index contributed by atoms with van der Waals surface area (Å²) >= 11 is 0. The van der Waals surface area contributed by atoms with E-state index in [0.717, 1.165) is 61.4 Å². The van der Waals surface area contributed by atoms with Gasteiger partial charge in [-0.2, -0.15) is 4.98 Å². The molecule has 0 aliphatic rings. The second-order valence-corrected chi connectivity index (χ2v) is 13.0. The third kappa shape index (κ3) is 4.61. The first-order valence-corrected chi connectivity index (χ1v) is 16.6. The van der Waals surface area contributed by atoms with Gasteiger partial charge in [0.2, 0.25) is 11.8 Å². The minimum Gasteiger partial charge on any atom is -0.437 e. The second-order valence-electron chi connectivity index (χ2n) is 13.0. The Morgan fingerprint density at radius 3 is 2.02 bits per heavy atom. The van der Waals surface area contributed by atoms with Crippen molar-refractivity contribution in [3.63, 3.8) is 0 Å². The summed E-state index contributed by atoms with van der Waals surface area (Å²) in [6.45, 7) is 8.64. The number of aryl methyl sites for hydroxylation is 2. The van der Waals surface area contributed by atoms with E-state index in [1.807, 2.05) is 30.9 Å². The number of hydrogen-bond acceptors (Lipinski definition) is 4. The van der Waals surface area contributed by atoms with E-state index in [9.17, 15) is 0 Å². The molecule has 0 aliphatic heterocycles. The molecule has 7 nitrogen and oxygen atoms in total. The van der Waals surface area contributed by atoms with Crippen LogP contribution in [0.2, 0.25) is 0 Å². The summed E-state index contributed by atoms with van der Waals surface area (Å²) in [5.41, 5.74) is 8.75. The van der Waals surface area contributed by atoms with Crippen molar-refractivity contribution in [2.45, 2.75) is 33.6 Å². The van der Waals surface area contributed by atoms with Crippen molar-refractivity contribution in [3.05, 3.63) is 145 Å². The van der Waals surface area contributed by atoms with Crippen LogP contribution in [0, 0.1) is 13.8 Å². The predicted octanol–water partition coefficient (Wildman–Crippen LogP) is 10.4. The van der Waals surface area contributed by atoms with E-state index in [4.69, 9.17) is 14.7 Å². The highest BCUT2D eigenvalue weighted by molar-refractivity contribution is 6.10. The lowest BCUT2D eigenvalue weighted by molar-refractivity contribution is 0.466. The average Bonchev–Trinajstić information content (AvgIpc) is 3.78. The van der Waals surface area contributed by atoms with Crippen LogP contribution in [0.3, 0.4) is 0 Å². The Balaban J connectivity index is 1.23. The van der Waals surface area contributed by atoms with Crippen LogP contribution in [0.25, 0.3) is 61.1 Å². The molecule has 0 spiro atoms. The standard InChI is InChI=1S/C42H34N6O/c1-26(2)29-16-19-39(44-23-29)47-37-22-30(17-18-33(37)34-20-21-43-24-38(34)47)49-40-25-46(41-27(3)10-9-11-28(41)4)42(45-40)48-35-14-7-5-12-31(35)32-13-6-8-15-36(32)48/h5-26H,1-4H3. The molecule has 0 bridgehead atoms. The lowest BCUT2D eigenvalue weighted by Gasteiger charge is -2.15. The van der Waals surface area contributed by atoms with Crippen molar-refractivity contribution in [1.29, 1.82) is 0 Å². The zero-order chi connectivity index (χ0) is 33.2.